The van der Waals surface area contributed by atoms with E-state index in [0.717, 1.165) is 4.88 Å². The average molecular weight is 363 g/mol. The Hall–Kier alpha value is -2.52. The number of carbonyl (C=O) groups excluding carboxylic acids is 2. The smallest absolute Gasteiger partial charge is 0.328 e. The zero-order chi connectivity index (χ0) is 16.9. The zero-order valence-corrected chi connectivity index (χ0v) is 14.2. The molecule has 0 aromatic carbocycles. The Kier molecular flexibility index (Phi) is 5.02. The molecule has 0 saturated carbocycles. The van der Waals surface area contributed by atoms with E-state index in [1.807, 2.05) is 17.5 Å². The van der Waals surface area contributed by atoms with Gasteiger partial charge in [-0.1, -0.05) is 17.3 Å². The molecule has 0 aliphatic rings. The van der Waals surface area contributed by atoms with Crippen LogP contribution in [0.1, 0.15) is 22.5 Å². The van der Waals surface area contributed by atoms with E-state index < -0.39 is 12.0 Å². The fraction of sp³-hybridized carbons (Fsp3) is 0.200. The number of nitrogens with one attached hydrogen (secondary N) is 1. The molecular formula is C15H13N3O4S2. The largest absolute Gasteiger partial charge is 0.454 e. The monoisotopic (exact) mass is 363 g/mol. The highest BCUT2D eigenvalue weighted by Crippen LogP contribution is 2.21. The summed E-state index contributed by atoms with van der Waals surface area (Å²) in [6.07, 6.45) is 0. The maximum Gasteiger partial charge on any atom is 0.328 e. The first kappa shape index (κ1) is 16.3. The summed E-state index contributed by atoms with van der Waals surface area (Å²) in [6, 6.07) is 6.42. The first-order valence-electron chi connectivity index (χ1n) is 7.01. The van der Waals surface area contributed by atoms with Crippen molar-refractivity contribution in [3.05, 3.63) is 45.8 Å². The number of hydrogen-bond donors (Lipinski definition) is 1. The SMILES string of the molecule is CC(NC(=O)c1cccs1)C(=O)OCc1nc(-c2cccs2)no1. The topological polar surface area (TPSA) is 94.3 Å². The van der Waals surface area contributed by atoms with Crippen molar-refractivity contribution in [3.63, 3.8) is 0 Å². The third-order valence-corrected chi connectivity index (χ3v) is 4.73. The van der Waals surface area contributed by atoms with Gasteiger partial charge < -0.3 is 14.6 Å². The summed E-state index contributed by atoms with van der Waals surface area (Å²) in [5.74, 6) is -0.235. The Balaban J connectivity index is 1.51. The molecule has 3 rings (SSSR count). The molecule has 0 saturated heterocycles. The van der Waals surface area contributed by atoms with Gasteiger partial charge in [-0.15, -0.1) is 22.7 Å². The van der Waals surface area contributed by atoms with E-state index >= 15 is 0 Å². The number of rotatable bonds is 6. The van der Waals surface area contributed by atoms with Gasteiger partial charge in [-0.3, -0.25) is 4.79 Å². The summed E-state index contributed by atoms with van der Waals surface area (Å²) in [6.45, 7) is 1.41. The zero-order valence-electron chi connectivity index (χ0n) is 12.6. The average Bonchev–Trinajstić information content (AvgIpc) is 3.34. The van der Waals surface area contributed by atoms with Crippen LogP contribution in [0.2, 0.25) is 0 Å². The van der Waals surface area contributed by atoms with Crippen LogP contribution >= 0.6 is 22.7 Å². The summed E-state index contributed by atoms with van der Waals surface area (Å²) in [5, 5.41) is 10.1. The third-order valence-electron chi connectivity index (χ3n) is 2.99. The van der Waals surface area contributed by atoms with Gasteiger partial charge in [0.25, 0.3) is 11.8 Å². The van der Waals surface area contributed by atoms with Gasteiger partial charge in [0.05, 0.1) is 9.75 Å². The van der Waals surface area contributed by atoms with E-state index in [-0.39, 0.29) is 18.4 Å². The van der Waals surface area contributed by atoms with Crippen LogP contribution in [0.15, 0.2) is 39.5 Å². The lowest BCUT2D eigenvalue weighted by molar-refractivity contribution is -0.147. The first-order chi connectivity index (χ1) is 11.6. The van der Waals surface area contributed by atoms with Gasteiger partial charge in [-0.2, -0.15) is 4.98 Å². The molecular weight excluding hydrogens is 350 g/mol. The molecule has 0 radical (unpaired) electrons. The van der Waals surface area contributed by atoms with Gasteiger partial charge in [0.2, 0.25) is 5.82 Å². The molecule has 1 amide bonds. The molecule has 124 valence electrons. The number of esters is 1. The number of carbonyl (C=O) groups is 2. The van der Waals surface area contributed by atoms with Crippen molar-refractivity contribution in [3.8, 4) is 10.7 Å². The van der Waals surface area contributed by atoms with Crippen LogP contribution in [0.3, 0.4) is 0 Å². The van der Waals surface area contributed by atoms with Crippen LogP contribution < -0.4 is 5.32 Å². The van der Waals surface area contributed by atoms with Crippen LogP contribution in [0.4, 0.5) is 0 Å². The molecule has 1 atom stereocenters. The van der Waals surface area contributed by atoms with Crippen molar-refractivity contribution in [1.29, 1.82) is 0 Å². The van der Waals surface area contributed by atoms with Crippen molar-refractivity contribution in [2.75, 3.05) is 0 Å². The normalized spacial score (nSPS) is 11.9. The molecule has 9 heteroatoms. The molecule has 3 heterocycles. The van der Waals surface area contributed by atoms with Gasteiger partial charge in [-0.05, 0) is 29.8 Å². The number of ether oxygens (including phenoxy) is 1. The number of hydrogen-bond acceptors (Lipinski definition) is 8. The van der Waals surface area contributed by atoms with E-state index in [2.05, 4.69) is 15.5 Å². The first-order valence-corrected chi connectivity index (χ1v) is 8.77. The summed E-state index contributed by atoms with van der Waals surface area (Å²) in [5.41, 5.74) is 0. The van der Waals surface area contributed by atoms with Gasteiger partial charge in [0, 0.05) is 0 Å². The van der Waals surface area contributed by atoms with Crippen molar-refractivity contribution in [2.24, 2.45) is 0 Å². The minimum atomic E-state index is -0.778. The molecule has 0 fully saturated rings. The van der Waals surface area contributed by atoms with Gasteiger partial charge >= 0.3 is 5.97 Å². The van der Waals surface area contributed by atoms with E-state index in [1.54, 1.807) is 24.4 Å². The minimum Gasteiger partial charge on any atom is -0.454 e. The van der Waals surface area contributed by atoms with E-state index in [9.17, 15) is 9.59 Å². The van der Waals surface area contributed by atoms with Crippen molar-refractivity contribution in [2.45, 2.75) is 19.6 Å². The van der Waals surface area contributed by atoms with Gasteiger partial charge in [-0.25, -0.2) is 4.79 Å². The van der Waals surface area contributed by atoms with Crippen LogP contribution in [0.5, 0.6) is 0 Å². The van der Waals surface area contributed by atoms with Crippen LogP contribution in [-0.4, -0.2) is 28.1 Å². The highest BCUT2D eigenvalue weighted by atomic mass is 32.1. The summed E-state index contributed by atoms with van der Waals surface area (Å²) >= 11 is 2.78. The Morgan fingerprint density at radius 1 is 1.29 bits per heavy atom. The predicted molar refractivity (Wildman–Crippen MR) is 88.7 cm³/mol. The Bertz CT molecular complexity index is 812. The number of aromatic nitrogens is 2. The molecule has 24 heavy (non-hydrogen) atoms. The quantitative estimate of drug-likeness (QED) is 0.677. The van der Waals surface area contributed by atoms with E-state index in [1.165, 1.54) is 22.7 Å². The van der Waals surface area contributed by atoms with Gasteiger partial charge in [0.15, 0.2) is 6.61 Å². The molecule has 0 spiro atoms. The molecule has 3 aromatic heterocycles. The highest BCUT2D eigenvalue weighted by molar-refractivity contribution is 7.13. The van der Waals surface area contributed by atoms with Crippen molar-refractivity contribution < 1.29 is 18.8 Å². The Morgan fingerprint density at radius 3 is 2.79 bits per heavy atom. The second-order valence-corrected chi connectivity index (χ2v) is 6.66. The van der Waals surface area contributed by atoms with Crippen LogP contribution in [0, 0.1) is 0 Å². The highest BCUT2D eigenvalue weighted by Gasteiger charge is 2.19. The fourth-order valence-electron chi connectivity index (χ4n) is 1.81. The van der Waals surface area contributed by atoms with Crippen LogP contribution in [-0.2, 0) is 16.1 Å². The Labute approximate surface area is 145 Å². The third kappa shape index (κ3) is 3.87. The van der Waals surface area contributed by atoms with Crippen molar-refractivity contribution >= 4 is 34.6 Å². The maximum atomic E-state index is 11.9. The molecule has 7 nitrogen and oxygen atoms in total. The summed E-state index contributed by atoms with van der Waals surface area (Å²) in [7, 11) is 0. The van der Waals surface area contributed by atoms with E-state index in [0.29, 0.717) is 10.7 Å². The Morgan fingerprint density at radius 2 is 2.08 bits per heavy atom. The number of nitrogens with zero attached hydrogens (tertiary/aromatic N) is 2. The lowest BCUT2D eigenvalue weighted by atomic mass is 10.3. The van der Waals surface area contributed by atoms with Crippen LogP contribution in [0.25, 0.3) is 10.7 Å². The summed E-state index contributed by atoms with van der Waals surface area (Å²) < 4.78 is 10.1. The molecule has 3 aromatic rings. The standard InChI is InChI=1S/C15H13N3O4S2/c1-9(16-14(19)11-5-3-7-24-11)15(20)21-8-12-17-13(18-22-12)10-4-2-6-23-10/h2-7,9H,8H2,1H3,(H,16,19). The lowest BCUT2D eigenvalue weighted by Gasteiger charge is -2.11. The van der Waals surface area contributed by atoms with Crippen molar-refractivity contribution in [1.82, 2.24) is 15.5 Å². The lowest BCUT2D eigenvalue weighted by Crippen LogP contribution is -2.39. The fourth-order valence-corrected chi connectivity index (χ4v) is 3.09. The predicted octanol–water partition coefficient (Wildman–Crippen LogP) is 2.72. The molecule has 1 unspecified atom stereocenters. The molecule has 0 bridgehead atoms. The number of thiophene rings is 2. The second-order valence-electron chi connectivity index (χ2n) is 4.77. The molecule has 0 aliphatic carbocycles. The summed E-state index contributed by atoms with van der Waals surface area (Å²) in [4.78, 5) is 29.4. The molecule has 1 N–H and O–H groups in total. The second kappa shape index (κ2) is 7.37. The maximum absolute atomic E-state index is 11.9. The van der Waals surface area contributed by atoms with E-state index in [4.69, 9.17) is 9.26 Å². The van der Waals surface area contributed by atoms with Gasteiger partial charge in [0.1, 0.15) is 6.04 Å². The minimum absolute atomic E-state index is 0.142. The number of amides is 1. The molecule has 0 aliphatic heterocycles.